The summed E-state index contributed by atoms with van der Waals surface area (Å²) in [5.41, 5.74) is 0.553. The maximum atomic E-state index is 12.9. The molecular formula is C18H26N2O5. The Morgan fingerprint density at radius 3 is 2.72 bits per heavy atom. The second kappa shape index (κ2) is 8.49. The van der Waals surface area contributed by atoms with Gasteiger partial charge in [0.1, 0.15) is 5.76 Å². The number of ether oxygens (including phenoxy) is 2. The monoisotopic (exact) mass is 350 g/mol. The lowest BCUT2D eigenvalue weighted by Crippen LogP contribution is -2.44. The smallest absolute Gasteiger partial charge is 0.257 e. The van der Waals surface area contributed by atoms with Crippen LogP contribution in [0.1, 0.15) is 35.4 Å². The minimum atomic E-state index is -0.100. The fourth-order valence-corrected chi connectivity index (χ4v) is 3.29. The van der Waals surface area contributed by atoms with E-state index in [1.54, 1.807) is 22.8 Å². The summed E-state index contributed by atoms with van der Waals surface area (Å²) < 4.78 is 16.2. The first-order chi connectivity index (χ1) is 12.1. The molecule has 3 heterocycles. The lowest BCUT2D eigenvalue weighted by atomic mass is 10.1. The Morgan fingerprint density at radius 2 is 2.08 bits per heavy atom. The Hall–Kier alpha value is -1.86. The predicted octanol–water partition coefficient (Wildman–Crippen LogP) is 1.46. The Morgan fingerprint density at radius 1 is 1.28 bits per heavy atom. The number of morpholine rings is 1. The molecular weight excluding hydrogens is 324 g/mol. The Labute approximate surface area is 147 Å². The molecule has 1 aromatic heterocycles. The van der Waals surface area contributed by atoms with E-state index in [1.807, 2.05) is 0 Å². The molecule has 0 bridgehead atoms. The normalized spacial score (nSPS) is 20.7. The molecule has 0 aliphatic carbocycles. The van der Waals surface area contributed by atoms with Gasteiger partial charge in [0.25, 0.3) is 5.91 Å². The highest BCUT2D eigenvalue weighted by Crippen LogP contribution is 2.18. The van der Waals surface area contributed by atoms with Gasteiger partial charge in [0, 0.05) is 39.2 Å². The minimum absolute atomic E-state index is 0.0506. The summed E-state index contributed by atoms with van der Waals surface area (Å²) in [5.74, 6) is 0.565. The minimum Gasteiger partial charge on any atom is -0.469 e. The van der Waals surface area contributed by atoms with E-state index in [0.717, 1.165) is 19.4 Å². The largest absolute Gasteiger partial charge is 0.469 e. The number of rotatable bonds is 6. The van der Waals surface area contributed by atoms with Gasteiger partial charge >= 0.3 is 0 Å². The van der Waals surface area contributed by atoms with E-state index >= 15 is 0 Å². The van der Waals surface area contributed by atoms with Gasteiger partial charge < -0.3 is 23.7 Å². The highest BCUT2D eigenvalue weighted by atomic mass is 16.5. The van der Waals surface area contributed by atoms with Gasteiger partial charge in [-0.05, 0) is 25.8 Å². The van der Waals surface area contributed by atoms with Crippen LogP contribution in [0.4, 0.5) is 0 Å². The molecule has 2 fully saturated rings. The third-order valence-corrected chi connectivity index (χ3v) is 4.78. The van der Waals surface area contributed by atoms with E-state index in [1.165, 1.54) is 6.26 Å². The topological polar surface area (TPSA) is 72.2 Å². The number of hydrogen-bond acceptors (Lipinski definition) is 5. The second-order valence-electron chi connectivity index (χ2n) is 6.52. The second-order valence-corrected chi connectivity index (χ2v) is 6.52. The van der Waals surface area contributed by atoms with Crippen LogP contribution in [-0.4, -0.2) is 73.7 Å². The molecule has 7 nitrogen and oxygen atoms in total. The van der Waals surface area contributed by atoms with Crippen molar-refractivity contribution in [3.05, 3.63) is 23.7 Å². The van der Waals surface area contributed by atoms with Crippen LogP contribution in [0.15, 0.2) is 16.7 Å². The van der Waals surface area contributed by atoms with Crippen molar-refractivity contribution >= 4 is 11.8 Å². The standard InChI is InChI=1S/C18H26N2O5/c1-14-16(5-10-24-14)18(22)20(13-15-3-2-9-25-15)6-4-17(21)19-7-11-23-12-8-19/h5,10,15H,2-4,6-9,11-13H2,1H3/t15-/m0/s1. The molecule has 2 saturated heterocycles. The van der Waals surface area contributed by atoms with E-state index in [2.05, 4.69) is 0 Å². The summed E-state index contributed by atoms with van der Waals surface area (Å²) in [6.45, 7) is 5.83. The van der Waals surface area contributed by atoms with Crippen LogP contribution in [0.3, 0.4) is 0 Å². The zero-order chi connectivity index (χ0) is 17.6. The summed E-state index contributed by atoms with van der Waals surface area (Å²) >= 11 is 0. The molecule has 0 saturated carbocycles. The van der Waals surface area contributed by atoms with Gasteiger partial charge in [0.05, 0.1) is 31.1 Å². The van der Waals surface area contributed by atoms with E-state index in [4.69, 9.17) is 13.9 Å². The fourth-order valence-electron chi connectivity index (χ4n) is 3.29. The van der Waals surface area contributed by atoms with Gasteiger partial charge in [-0.15, -0.1) is 0 Å². The number of nitrogens with zero attached hydrogens (tertiary/aromatic N) is 2. The van der Waals surface area contributed by atoms with Crippen molar-refractivity contribution in [1.82, 2.24) is 9.80 Å². The maximum Gasteiger partial charge on any atom is 0.257 e. The number of amides is 2. The molecule has 3 rings (SSSR count). The third kappa shape index (κ3) is 4.61. The molecule has 7 heteroatoms. The lowest BCUT2D eigenvalue weighted by molar-refractivity contribution is -0.135. The first-order valence-corrected chi connectivity index (χ1v) is 8.95. The molecule has 0 aromatic carbocycles. The third-order valence-electron chi connectivity index (χ3n) is 4.78. The summed E-state index contributed by atoms with van der Waals surface area (Å²) in [7, 11) is 0. The predicted molar refractivity (Wildman–Crippen MR) is 90.3 cm³/mol. The summed E-state index contributed by atoms with van der Waals surface area (Å²) in [4.78, 5) is 28.8. The van der Waals surface area contributed by atoms with Crippen LogP contribution in [0.2, 0.25) is 0 Å². The molecule has 1 atom stereocenters. The zero-order valence-electron chi connectivity index (χ0n) is 14.7. The SMILES string of the molecule is Cc1occc1C(=O)N(CCC(=O)N1CCOCC1)C[C@@H]1CCCO1. The van der Waals surface area contributed by atoms with E-state index < -0.39 is 0 Å². The lowest BCUT2D eigenvalue weighted by Gasteiger charge is -2.29. The van der Waals surface area contributed by atoms with E-state index in [0.29, 0.717) is 57.1 Å². The van der Waals surface area contributed by atoms with Crippen LogP contribution in [-0.2, 0) is 14.3 Å². The Balaban J connectivity index is 1.62. The highest BCUT2D eigenvalue weighted by molar-refractivity contribution is 5.95. The average molecular weight is 350 g/mol. The number of hydrogen-bond donors (Lipinski definition) is 0. The van der Waals surface area contributed by atoms with Crippen molar-refractivity contribution in [2.45, 2.75) is 32.3 Å². The molecule has 25 heavy (non-hydrogen) atoms. The Kier molecular flexibility index (Phi) is 6.09. The van der Waals surface area contributed by atoms with Gasteiger partial charge in [-0.2, -0.15) is 0 Å². The van der Waals surface area contributed by atoms with Crippen LogP contribution < -0.4 is 0 Å². The number of carbonyl (C=O) groups excluding carboxylic acids is 2. The highest BCUT2D eigenvalue weighted by Gasteiger charge is 2.26. The van der Waals surface area contributed by atoms with Crippen molar-refractivity contribution in [3.63, 3.8) is 0 Å². The van der Waals surface area contributed by atoms with Crippen molar-refractivity contribution in [1.29, 1.82) is 0 Å². The van der Waals surface area contributed by atoms with Gasteiger partial charge in [-0.25, -0.2) is 0 Å². The molecule has 138 valence electrons. The van der Waals surface area contributed by atoms with Crippen LogP contribution >= 0.6 is 0 Å². The van der Waals surface area contributed by atoms with Gasteiger partial charge in [0.2, 0.25) is 5.91 Å². The van der Waals surface area contributed by atoms with Gasteiger partial charge in [0.15, 0.2) is 0 Å². The number of furan rings is 1. The summed E-state index contributed by atoms with van der Waals surface area (Å²) in [6.07, 6.45) is 3.85. The fraction of sp³-hybridized carbons (Fsp3) is 0.667. The van der Waals surface area contributed by atoms with Crippen LogP contribution in [0, 0.1) is 6.92 Å². The van der Waals surface area contributed by atoms with Crippen molar-refractivity contribution in [2.75, 3.05) is 46.0 Å². The Bertz CT molecular complexity index is 588. The molecule has 2 aliphatic rings. The molecule has 2 amide bonds. The van der Waals surface area contributed by atoms with Crippen LogP contribution in [0.5, 0.6) is 0 Å². The van der Waals surface area contributed by atoms with Gasteiger partial charge in [-0.1, -0.05) is 0 Å². The number of aryl methyl sites for hydroxylation is 1. The molecule has 0 radical (unpaired) electrons. The molecule has 1 aromatic rings. The van der Waals surface area contributed by atoms with Crippen molar-refractivity contribution in [3.8, 4) is 0 Å². The quantitative estimate of drug-likeness (QED) is 0.777. The number of carbonyl (C=O) groups is 2. The first-order valence-electron chi connectivity index (χ1n) is 8.95. The van der Waals surface area contributed by atoms with Crippen LogP contribution in [0.25, 0.3) is 0 Å². The summed E-state index contributed by atoms with van der Waals surface area (Å²) in [6, 6.07) is 1.68. The van der Waals surface area contributed by atoms with E-state index in [-0.39, 0.29) is 17.9 Å². The average Bonchev–Trinajstić information content (AvgIpc) is 3.30. The molecule has 0 N–H and O–H groups in total. The molecule has 0 unspecified atom stereocenters. The van der Waals surface area contributed by atoms with E-state index in [9.17, 15) is 9.59 Å². The van der Waals surface area contributed by atoms with Crippen molar-refractivity contribution < 1.29 is 23.5 Å². The maximum absolute atomic E-state index is 12.9. The van der Waals surface area contributed by atoms with Crippen molar-refractivity contribution in [2.24, 2.45) is 0 Å². The zero-order valence-corrected chi connectivity index (χ0v) is 14.7. The molecule has 2 aliphatic heterocycles. The van der Waals surface area contributed by atoms with Gasteiger partial charge in [-0.3, -0.25) is 9.59 Å². The molecule has 0 spiro atoms. The summed E-state index contributed by atoms with van der Waals surface area (Å²) in [5, 5.41) is 0. The first kappa shape index (κ1) is 17.9.